The summed E-state index contributed by atoms with van der Waals surface area (Å²) in [6, 6.07) is 3.84. The second kappa shape index (κ2) is 7.19. The van der Waals surface area contributed by atoms with Gasteiger partial charge in [0.1, 0.15) is 0 Å². The van der Waals surface area contributed by atoms with Crippen LogP contribution in [0.3, 0.4) is 0 Å². The van der Waals surface area contributed by atoms with E-state index in [1.54, 1.807) is 12.1 Å². The Morgan fingerprint density at radius 3 is 2.88 bits per heavy atom. The highest BCUT2D eigenvalue weighted by Gasteiger charge is 2.32. The molecule has 1 amide bonds. The van der Waals surface area contributed by atoms with Crippen molar-refractivity contribution in [3.05, 3.63) is 22.2 Å². The molecular weight excluding hydrogens is 347 g/mol. The molecule has 7 heteroatoms. The van der Waals surface area contributed by atoms with Gasteiger partial charge in [-0.25, -0.2) is 4.98 Å². The van der Waals surface area contributed by atoms with Gasteiger partial charge in [0.25, 0.3) is 0 Å². The Labute approximate surface area is 151 Å². The number of nitrogens with two attached hydrogens (primary N) is 1. The minimum Gasteiger partial charge on any atom is -0.369 e. The molecule has 5 nitrogen and oxygen atoms in total. The van der Waals surface area contributed by atoms with Crippen molar-refractivity contribution in [2.45, 2.75) is 45.1 Å². The summed E-state index contributed by atoms with van der Waals surface area (Å²) < 4.78 is 0. The van der Waals surface area contributed by atoms with Crippen molar-refractivity contribution in [1.82, 2.24) is 9.97 Å². The lowest BCUT2D eigenvalue weighted by atomic mass is 9.88. The third-order valence-corrected chi connectivity index (χ3v) is 5.51. The Morgan fingerprint density at radius 1 is 1.42 bits per heavy atom. The first-order valence-corrected chi connectivity index (χ1v) is 9.16. The first-order valence-electron chi connectivity index (χ1n) is 8.40. The summed E-state index contributed by atoms with van der Waals surface area (Å²) in [5.41, 5.74) is 7.19. The molecule has 3 N–H and O–H groups in total. The quantitative estimate of drug-likeness (QED) is 0.832. The maximum atomic E-state index is 11.6. The Morgan fingerprint density at radius 2 is 2.17 bits per heavy atom. The number of carbonyl (C=O) groups is 1. The number of primary amides is 1. The van der Waals surface area contributed by atoms with Gasteiger partial charge in [-0.1, -0.05) is 43.0 Å². The van der Waals surface area contributed by atoms with E-state index >= 15 is 0 Å². The van der Waals surface area contributed by atoms with Gasteiger partial charge in [-0.15, -0.1) is 0 Å². The molecule has 3 rings (SSSR count). The number of hydrogen-bond acceptors (Lipinski definition) is 3. The summed E-state index contributed by atoms with van der Waals surface area (Å²) in [7, 11) is 0. The van der Waals surface area contributed by atoms with Crippen molar-refractivity contribution in [3.63, 3.8) is 0 Å². The molecule has 1 saturated heterocycles. The van der Waals surface area contributed by atoms with Gasteiger partial charge in [-0.2, -0.15) is 0 Å². The Balaban J connectivity index is 1.89. The molecule has 2 unspecified atom stereocenters. The van der Waals surface area contributed by atoms with E-state index in [0.717, 1.165) is 55.6 Å². The van der Waals surface area contributed by atoms with Gasteiger partial charge in [0.15, 0.2) is 0 Å². The zero-order valence-corrected chi connectivity index (χ0v) is 15.2. The van der Waals surface area contributed by atoms with Crippen LogP contribution in [0.2, 0.25) is 10.0 Å². The van der Waals surface area contributed by atoms with E-state index in [9.17, 15) is 4.79 Å². The minimum atomic E-state index is -0.195. The van der Waals surface area contributed by atoms with Crippen LogP contribution in [-0.2, 0) is 4.79 Å². The molecular formula is C17H22Cl2N4O. The number of nitrogens with one attached hydrogen (secondary N) is 1. The fourth-order valence-electron chi connectivity index (χ4n) is 3.43. The number of halogens is 2. The monoisotopic (exact) mass is 368 g/mol. The zero-order valence-electron chi connectivity index (χ0n) is 13.7. The van der Waals surface area contributed by atoms with Crippen LogP contribution in [0.15, 0.2) is 12.1 Å². The van der Waals surface area contributed by atoms with Crippen molar-refractivity contribution in [1.29, 1.82) is 0 Å². The lowest BCUT2D eigenvalue weighted by molar-refractivity contribution is -0.122. The van der Waals surface area contributed by atoms with E-state index in [1.807, 2.05) is 0 Å². The molecule has 0 aliphatic carbocycles. The first-order chi connectivity index (χ1) is 11.5. The van der Waals surface area contributed by atoms with Crippen molar-refractivity contribution < 1.29 is 4.79 Å². The number of imidazole rings is 1. The predicted octanol–water partition coefficient (Wildman–Crippen LogP) is 4.13. The van der Waals surface area contributed by atoms with E-state index < -0.39 is 0 Å². The Hall–Kier alpha value is -1.46. The van der Waals surface area contributed by atoms with Gasteiger partial charge in [0, 0.05) is 18.5 Å². The zero-order chi connectivity index (χ0) is 17.3. The Kier molecular flexibility index (Phi) is 5.21. The summed E-state index contributed by atoms with van der Waals surface area (Å²) in [6.07, 6.45) is 4.81. The van der Waals surface area contributed by atoms with E-state index in [1.165, 1.54) is 0 Å². The highest BCUT2D eigenvalue weighted by atomic mass is 35.5. The van der Waals surface area contributed by atoms with Crippen LogP contribution >= 0.6 is 23.2 Å². The largest absolute Gasteiger partial charge is 0.369 e. The second-order valence-corrected chi connectivity index (χ2v) is 7.27. The van der Waals surface area contributed by atoms with Gasteiger partial charge in [0.05, 0.1) is 21.1 Å². The predicted molar refractivity (Wildman–Crippen MR) is 98.7 cm³/mol. The van der Waals surface area contributed by atoms with Crippen molar-refractivity contribution >= 4 is 46.1 Å². The van der Waals surface area contributed by atoms with Gasteiger partial charge in [-0.3, -0.25) is 4.79 Å². The lowest BCUT2D eigenvalue weighted by Gasteiger charge is -2.38. The maximum absolute atomic E-state index is 11.6. The number of aromatic nitrogens is 2. The fourth-order valence-corrected chi connectivity index (χ4v) is 3.75. The van der Waals surface area contributed by atoms with E-state index in [2.05, 4.69) is 21.8 Å². The topological polar surface area (TPSA) is 75.0 Å². The molecule has 2 aromatic rings. The molecule has 1 fully saturated rings. The third-order valence-electron chi connectivity index (χ3n) is 4.79. The summed E-state index contributed by atoms with van der Waals surface area (Å²) in [5, 5.41) is 1.01. The summed E-state index contributed by atoms with van der Waals surface area (Å²) in [4.78, 5) is 21.9. The van der Waals surface area contributed by atoms with Gasteiger partial charge in [0.2, 0.25) is 11.9 Å². The third kappa shape index (κ3) is 3.47. The molecule has 1 aliphatic rings. The number of carbonyl (C=O) groups excluding carboxylic acids is 1. The molecule has 24 heavy (non-hydrogen) atoms. The molecule has 2 atom stereocenters. The highest BCUT2D eigenvalue weighted by molar-refractivity contribution is 6.42. The number of amides is 1. The standard InChI is InChI=1S/C17H22Cl2N4O/c1-2-3-4-11-7-10(16(20)24)5-6-23(11)17-21-14-8-12(18)13(19)9-15(14)22-17/h8-11H,2-7H2,1H3,(H2,20,24)(H,21,22). The minimum absolute atomic E-state index is 0.0450. The number of hydrogen-bond donors (Lipinski definition) is 2. The molecule has 1 aromatic carbocycles. The van der Waals surface area contributed by atoms with Crippen molar-refractivity contribution in [3.8, 4) is 0 Å². The number of aromatic amines is 1. The maximum Gasteiger partial charge on any atom is 0.220 e. The molecule has 0 bridgehead atoms. The lowest BCUT2D eigenvalue weighted by Crippen LogP contribution is -2.46. The fraction of sp³-hybridized carbons (Fsp3) is 0.529. The second-order valence-electron chi connectivity index (χ2n) is 6.46. The van der Waals surface area contributed by atoms with E-state index in [0.29, 0.717) is 10.0 Å². The Bertz CT molecular complexity index is 707. The number of rotatable bonds is 5. The van der Waals surface area contributed by atoms with Crippen LogP contribution in [0.4, 0.5) is 5.95 Å². The average molecular weight is 369 g/mol. The molecule has 0 radical (unpaired) electrons. The van der Waals surface area contributed by atoms with Crippen LogP contribution in [0, 0.1) is 5.92 Å². The SMILES string of the molecule is CCCCC1CC(C(N)=O)CCN1c1nc2cc(Cl)c(Cl)cc2[nH]1. The number of piperidine rings is 1. The number of H-pyrrole nitrogens is 1. The number of unbranched alkanes of at least 4 members (excludes halogenated alkanes) is 1. The summed E-state index contributed by atoms with van der Waals surface area (Å²) >= 11 is 12.2. The number of benzene rings is 1. The molecule has 0 saturated carbocycles. The number of nitrogens with zero attached hydrogens (tertiary/aromatic N) is 2. The normalized spacial score (nSPS) is 21.4. The first kappa shape index (κ1) is 17.4. The van der Waals surface area contributed by atoms with E-state index in [4.69, 9.17) is 28.9 Å². The highest BCUT2D eigenvalue weighted by Crippen LogP contribution is 2.32. The van der Waals surface area contributed by atoms with Crippen LogP contribution < -0.4 is 10.6 Å². The van der Waals surface area contributed by atoms with Crippen LogP contribution in [0.5, 0.6) is 0 Å². The summed E-state index contributed by atoms with van der Waals surface area (Å²) in [6.45, 7) is 2.94. The van der Waals surface area contributed by atoms with Crippen LogP contribution in [0.1, 0.15) is 39.0 Å². The van der Waals surface area contributed by atoms with Crippen LogP contribution in [-0.4, -0.2) is 28.5 Å². The summed E-state index contributed by atoms with van der Waals surface area (Å²) in [5.74, 6) is 0.572. The molecule has 130 valence electrons. The number of anilines is 1. The van der Waals surface area contributed by atoms with Gasteiger partial charge >= 0.3 is 0 Å². The van der Waals surface area contributed by atoms with Crippen LogP contribution in [0.25, 0.3) is 11.0 Å². The van der Waals surface area contributed by atoms with Gasteiger partial charge in [-0.05, 0) is 31.4 Å². The number of fused-ring (bicyclic) bond motifs is 1. The molecule has 2 heterocycles. The smallest absolute Gasteiger partial charge is 0.220 e. The van der Waals surface area contributed by atoms with E-state index in [-0.39, 0.29) is 17.9 Å². The molecule has 0 spiro atoms. The van der Waals surface area contributed by atoms with Crippen molar-refractivity contribution in [2.75, 3.05) is 11.4 Å². The van der Waals surface area contributed by atoms with Crippen molar-refractivity contribution in [2.24, 2.45) is 11.7 Å². The average Bonchev–Trinajstić information content (AvgIpc) is 2.95. The molecule has 1 aromatic heterocycles. The molecule has 1 aliphatic heterocycles. The van der Waals surface area contributed by atoms with Gasteiger partial charge < -0.3 is 15.6 Å².